The van der Waals surface area contributed by atoms with Gasteiger partial charge in [0.15, 0.2) is 0 Å². The zero-order valence-electron chi connectivity index (χ0n) is 8.45. The standard InChI is InChI=1S/C11H14O2.Cr/c1-9(12)3-4-10-5-7-11(13-2)8-6-10;/h5-8H,3-4H2,1-2H3;. The summed E-state index contributed by atoms with van der Waals surface area (Å²) < 4.78 is 5.03. The summed E-state index contributed by atoms with van der Waals surface area (Å²) in [6, 6.07) is 7.80. The van der Waals surface area contributed by atoms with Crippen LogP contribution in [-0.4, -0.2) is 12.9 Å². The largest absolute Gasteiger partial charge is 0.497 e. The molecule has 0 aromatic heterocycles. The van der Waals surface area contributed by atoms with Crippen LogP contribution in [0.15, 0.2) is 24.3 Å². The normalized spacial score (nSPS) is 9.00. The second-order valence-electron chi connectivity index (χ2n) is 3.05. The number of methoxy groups -OCH3 is 1. The smallest absolute Gasteiger partial charge is 0.130 e. The molecule has 0 aliphatic rings. The number of ketones is 1. The van der Waals surface area contributed by atoms with Gasteiger partial charge < -0.3 is 9.53 Å². The van der Waals surface area contributed by atoms with Gasteiger partial charge in [0.05, 0.1) is 7.11 Å². The Labute approximate surface area is 95.4 Å². The molecular weight excluding hydrogens is 216 g/mol. The first-order valence-electron chi connectivity index (χ1n) is 4.34. The van der Waals surface area contributed by atoms with E-state index in [0.717, 1.165) is 12.2 Å². The maximum absolute atomic E-state index is 10.7. The van der Waals surface area contributed by atoms with Gasteiger partial charge in [-0.2, -0.15) is 0 Å². The van der Waals surface area contributed by atoms with Crippen molar-refractivity contribution < 1.29 is 26.9 Å². The molecule has 0 amide bonds. The average Bonchev–Trinajstić information content (AvgIpc) is 2.15. The second-order valence-corrected chi connectivity index (χ2v) is 3.05. The topological polar surface area (TPSA) is 26.3 Å². The molecule has 1 aromatic carbocycles. The molecule has 0 radical (unpaired) electrons. The quantitative estimate of drug-likeness (QED) is 0.792. The van der Waals surface area contributed by atoms with E-state index in [4.69, 9.17) is 4.74 Å². The van der Waals surface area contributed by atoms with Crippen LogP contribution >= 0.6 is 0 Å². The van der Waals surface area contributed by atoms with Crippen LogP contribution in [-0.2, 0) is 28.6 Å². The Morgan fingerprint density at radius 2 is 1.86 bits per heavy atom. The fourth-order valence-electron chi connectivity index (χ4n) is 1.11. The van der Waals surface area contributed by atoms with Gasteiger partial charge in [-0.1, -0.05) is 12.1 Å². The van der Waals surface area contributed by atoms with E-state index >= 15 is 0 Å². The monoisotopic (exact) mass is 230 g/mol. The number of Topliss-reactive ketones (excluding diaryl/α,β-unsaturated/α-hetero) is 1. The van der Waals surface area contributed by atoms with Gasteiger partial charge in [-0.3, -0.25) is 0 Å². The predicted molar refractivity (Wildman–Crippen MR) is 52.0 cm³/mol. The Bertz CT molecular complexity index is 280. The fourth-order valence-corrected chi connectivity index (χ4v) is 1.11. The average molecular weight is 230 g/mol. The van der Waals surface area contributed by atoms with E-state index in [0.29, 0.717) is 6.42 Å². The first kappa shape index (κ1) is 13.2. The van der Waals surface area contributed by atoms with Crippen molar-refractivity contribution in [2.75, 3.05) is 7.11 Å². The maximum Gasteiger partial charge on any atom is 0.130 e. The first-order chi connectivity index (χ1) is 6.22. The van der Waals surface area contributed by atoms with E-state index in [1.165, 1.54) is 5.56 Å². The zero-order chi connectivity index (χ0) is 9.68. The molecule has 0 heterocycles. The van der Waals surface area contributed by atoms with E-state index in [1.54, 1.807) is 14.0 Å². The molecule has 3 heteroatoms. The van der Waals surface area contributed by atoms with Crippen LogP contribution in [0, 0.1) is 0 Å². The van der Waals surface area contributed by atoms with Crippen molar-refractivity contribution in [3.05, 3.63) is 29.8 Å². The van der Waals surface area contributed by atoms with Gasteiger partial charge in [0.1, 0.15) is 11.5 Å². The van der Waals surface area contributed by atoms with Crippen LogP contribution in [0.2, 0.25) is 0 Å². The molecule has 14 heavy (non-hydrogen) atoms. The minimum Gasteiger partial charge on any atom is -0.497 e. The van der Waals surface area contributed by atoms with Crippen molar-refractivity contribution in [3.8, 4) is 5.75 Å². The Kier molecular flexibility index (Phi) is 6.27. The van der Waals surface area contributed by atoms with E-state index in [1.807, 2.05) is 24.3 Å². The molecule has 0 fully saturated rings. The molecule has 0 saturated carbocycles. The van der Waals surface area contributed by atoms with Gasteiger partial charge >= 0.3 is 0 Å². The molecule has 1 aromatic rings. The number of benzene rings is 1. The van der Waals surface area contributed by atoms with E-state index < -0.39 is 0 Å². The third-order valence-corrected chi connectivity index (χ3v) is 1.92. The summed E-state index contributed by atoms with van der Waals surface area (Å²) in [6.45, 7) is 1.61. The SMILES string of the molecule is COc1ccc(CCC(C)=O)cc1.[Cr]. The van der Waals surface area contributed by atoms with Crippen LogP contribution < -0.4 is 4.74 Å². The van der Waals surface area contributed by atoms with Gasteiger partial charge in [-0.05, 0) is 31.0 Å². The Hall–Kier alpha value is -0.778. The minimum absolute atomic E-state index is 0. The molecule has 76 valence electrons. The van der Waals surface area contributed by atoms with Crippen LogP contribution in [0.25, 0.3) is 0 Å². The van der Waals surface area contributed by atoms with Crippen molar-refractivity contribution in [2.45, 2.75) is 19.8 Å². The van der Waals surface area contributed by atoms with Gasteiger partial charge in [0, 0.05) is 23.8 Å². The molecule has 0 atom stereocenters. The molecule has 0 aliphatic heterocycles. The molecule has 2 nitrogen and oxygen atoms in total. The molecule has 0 bridgehead atoms. The Balaban J connectivity index is 0.00000169. The van der Waals surface area contributed by atoms with Gasteiger partial charge in [0.2, 0.25) is 0 Å². The summed E-state index contributed by atoms with van der Waals surface area (Å²) >= 11 is 0. The number of rotatable bonds is 4. The van der Waals surface area contributed by atoms with Crippen LogP contribution in [0.5, 0.6) is 5.75 Å². The van der Waals surface area contributed by atoms with Gasteiger partial charge in [0.25, 0.3) is 0 Å². The molecule has 0 aliphatic carbocycles. The number of ether oxygens (including phenoxy) is 1. The molecule has 0 unspecified atom stereocenters. The molecule has 1 rings (SSSR count). The number of carbonyl (C=O) groups excluding carboxylic acids is 1. The van der Waals surface area contributed by atoms with E-state index in [-0.39, 0.29) is 23.1 Å². The van der Waals surface area contributed by atoms with Crippen molar-refractivity contribution in [2.24, 2.45) is 0 Å². The van der Waals surface area contributed by atoms with E-state index in [9.17, 15) is 4.79 Å². The summed E-state index contributed by atoms with van der Waals surface area (Å²) in [5.74, 6) is 1.09. The zero-order valence-corrected chi connectivity index (χ0v) is 9.72. The molecular formula is C11H14CrO2. The predicted octanol–water partition coefficient (Wildman–Crippen LogP) is 2.21. The molecule has 0 saturated heterocycles. The summed E-state index contributed by atoms with van der Waals surface area (Å²) in [6.07, 6.45) is 1.44. The first-order valence-corrected chi connectivity index (χ1v) is 4.34. The van der Waals surface area contributed by atoms with Gasteiger partial charge in [-0.25, -0.2) is 0 Å². The number of hydrogen-bond donors (Lipinski definition) is 0. The maximum atomic E-state index is 10.7. The fraction of sp³-hybridized carbons (Fsp3) is 0.364. The number of hydrogen-bond acceptors (Lipinski definition) is 2. The van der Waals surface area contributed by atoms with Crippen molar-refractivity contribution in [1.29, 1.82) is 0 Å². The minimum atomic E-state index is 0. The van der Waals surface area contributed by atoms with Crippen molar-refractivity contribution in [3.63, 3.8) is 0 Å². The Morgan fingerprint density at radius 3 is 2.29 bits per heavy atom. The van der Waals surface area contributed by atoms with Crippen LogP contribution in [0.3, 0.4) is 0 Å². The molecule has 0 N–H and O–H groups in total. The summed E-state index contributed by atoms with van der Waals surface area (Å²) in [7, 11) is 1.64. The third kappa shape index (κ3) is 4.46. The number of carbonyl (C=O) groups is 1. The summed E-state index contributed by atoms with van der Waals surface area (Å²) in [5, 5.41) is 0. The Morgan fingerprint density at radius 1 is 1.29 bits per heavy atom. The summed E-state index contributed by atoms with van der Waals surface area (Å²) in [4.78, 5) is 10.7. The van der Waals surface area contributed by atoms with Crippen molar-refractivity contribution in [1.82, 2.24) is 0 Å². The van der Waals surface area contributed by atoms with Crippen molar-refractivity contribution >= 4 is 5.78 Å². The molecule has 0 spiro atoms. The van der Waals surface area contributed by atoms with E-state index in [2.05, 4.69) is 0 Å². The second kappa shape index (κ2) is 6.64. The summed E-state index contributed by atoms with van der Waals surface area (Å²) in [5.41, 5.74) is 1.18. The third-order valence-electron chi connectivity index (χ3n) is 1.92. The van der Waals surface area contributed by atoms with Crippen LogP contribution in [0.4, 0.5) is 0 Å². The van der Waals surface area contributed by atoms with Gasteiger partial charge in [-0.15, -0.1) is 0 Å². The number of aryl methyl sites for hydroxylation is 1. The van der Waals surface area contributed by atoms with Crippen LogP contribution in [0.1, 0.15) is 18.9 Å².